The van der Waals surface area contributed by atoms with Gasteiger partial charge in [-0.15, -0.1) is 0 Å². The Kier molecular flexibility index (Phi) is 4.36. The van der Waals surface area contributed by atoms with Crippen molar-refractivity contribution >= 4 is 17.6 Å². The van der Waals surface area contributed by atoms with Crippen LogP contribution in [0.2, 0.25) is 0 Å². The molecule has 0 radical (unpaired) electrons. The Labute approximate surface area is 109 Å². The molecule has 1 heterocycles. The van der Waals surface area contributed by atoms with Crippen LogP contribution < -0.4 is 0 Å². The lowest BCUT2D eigenvalue weighted by atomic mass is 9.88. The summed E-state index contributed by atoms with van der Waals surface area (Å²) in [6.07, 6.45) is 1.32. The van der Waals surface area contributed by atoms with Crippen LogP contribution in [0.5, 0.6) is 0 Å². The van der Waals surface area contributed by atoms with Crippen LogP contribution in [-0.4, -0.2) is 33.1 Å². The lowest BCUT2D eigenvalue weighted by Gasteiger charge is -2.19. The summed E-state index contributed by atoms with van der Waals surface area (Å²) in [6.45, 7) is 4.51. The molecule has 8 heteroatoms. The number of Topliss-reactive ketones (excluding diaryl/α,β-unsaturated/α-hetero) is 1. The van der Waals surface area contributed by atoms with Crippen LogP contribution in [0, 0.1) is 15.5 Å². The van der Waals surface area contributed by atoms with Crippen molar-refractivity contribution in [2.75, 3.05) is 6.61 Å². The van der Waals surface area contributed by atoms with Crippen molar-refractivity contribution in [2.45, 2.75) is 27.3 Å². The first-order chi connectivity index (χ1) is 8.78. The van der Waals surface area contributed by atoms with E-state index in [2.05, 4.69) is 5.10 Å². The molecule has 19 heavy (non-hydrogen) atoms. The van der Waals surface area contributed by atoms with E-state index in [9.17, 15) is 19.7 Å². The molecular weight excluding hydrogens is 254 g/mol. The number of aromatic nitrogens is 2. The van der Waals surface area contributed by atoms with Crippen molar-refractivity contribution in [1.82, 2.24) is 9.78 Å². The highest BCUT2D eigenvalue weighted by atomic mass is 16.6. The number of carbonyl (C=O) groups is 2. The van der Waals surface area contributed by atoms with E-state index in [0.29, 0.717) is 0 Å². The standard InChI is InChI=1S/C11H15N3O5/c1-4-19-10(16)11(2,3)8(15)7-13-6-5-9(12-13)14(17)18/h5-6H,4,7H2,1-3H3. The van der Waals surface area contributed by atoms with Gasteiger partial charge in [0.05, 0.1) is 24.0 Å². The average molecular weight is 269 g/mol. The first kappa shape index (κ1) is 14.8. The lowest BCUT2D eigenvalue weighted by Crippen LogP contribution is -2.37. The minimum Gasteiger partial charge on any atom is -0.465 e. The average Bonchev–Trinajstić information content (AvgIpc) is 2.77. The summed E-state index contributed by atoms with van der Waals surface area (Å²) in [5, 5.41) is 14.1. The van der Waals surface area contributed by atoms with Crippen LogP contribution in [0.4, 0.5) is 5.82 Å². The number of ether oxygens (including phenoxy) is 1. The van der Waals surface area contributed by atoms with E-state index in [4.69, 9.17) is 4.74 Å². The summed E-state index contributed by atoms with van der Waals surface area (Å²) in [5.41, 5.74) is -1.31. The number of hydrogen-bond acceptors (Lipinski definition) is 6. The van der Waals surface area contributed by atoms with Gasteiger partial charge in [-0.1, -0.05) is 0 Å². The van der Waals surface area contributed by atoms with Crippen molar-refractivity contribution < 1.29 is 19.2 Å². The van der Waals surface area contributed by atoms with Crippen LogP contribution in [0.3, 0.4) is 0 Å². The fourth-order valence-electron chi connectivity index (χ4n) is 1.31. The predicted molar refractivity (Wildman–Crippen MR) is 64.3 cm³/mol. The fourth-order valence-corrected chi connectivity index (χ4v) is 1.31. The lowest BCUT2D eigenvalue weighted by molar-refractivity contribution is -0.389. The molecule has 0 aliphatic heterocycles. The van der Waals surface area contributed by atoms with Gasteiger partial charge in [0.1, 0.15) is 12.0 Å². The Morgan fingerprint density at radius 2 is 2.16 bits per heavy atom. The summed E-state index contributed by atoms with van der Waals surface area (Å²) in [5.74, 6) is -1.40. The molecule has 1 rings (SSSR count). The summed E-state index contributed by atoms with van der Waals surface area (Å²) in [6, 6.07) is 1.19. The number of nitrogens with zero attached hydrogens (tertiary/aromatic N) is 3. The maximum absolute atomic E-state index is 12.0. The van der Waals surface area contributed by atoms with Gasteiger partial charge in [-0.3, -0.25) is 9.59 Å². The first-order valence-electron chi connectivity index (χ1n) is 5.67. The molecule has 0 bridgehead atoms. The molecule has 0 amide bonds. The van der Waals surface area contributed by atoms with Crippen molar-refractivity contribution in [3.63, 3.8) is 0 Å². The Hall–Kier alpha value is -2.25. The number of carbonyl (C=O) groups excluding carboxylic acids is 2. The van der Waals surface area contributed by atoms with Crippen LogP contribution in [0.15, 0.2) is 12.3 Å². The van der Waals surface area contributed by atoms with Gasteiger partial charge < -0.3 is 14.9 Å². The molecule has 0 fully saturated rings. The Morgan fingerprint density at radius 3 is 2.63 bits per heavy atom. The highest BCUT2D eigenvalue weighted by Gasteiger charge is 2.37. The normalized spacial score (nSPS) is 11.1. The summed E-state index contributed by atoms with van der Waals surface area (Å²) in [4.78, 5) is 33.4. The molecule has 1 aromatic heterocycles. The molecule has 0 atom stereocenters. The van der Waals surface area contributed by atoms with Crippen molar-refractivity contribution in [2.24, 2.45) is 5.41 Å². The predicted octanol–water partition coefficient (Wildman–Crippen LogP) is 0.950. The van der Waals surface area contributed by atoms with Gasteiger partial charge in [-0.05, 0) is 25.7 Å². The van der Waals surface area contributed by atoms with Gasteiger partial charge in [0.15, 0.2) is 5.78 Å². The third-order valence-corrected chi connectivity index (χ3v) is 2.60. The third kappa shape index (κ3) is 3.36. The molecule has 104 valence electrons. The smallest absolute Gasteiger partial charge is 0.389 e. The maximum atomic E-state index is 12.0. The highest BCUT2D eigenvalue weighted by Crippen LogP contribution is 2.20. The van der Waals surface area contributed by atoms with Crippen LogP contribution >= 0.6 is 0 Å². The van der Waals surface area contributed by atoms with Gasteiger partial charge in [-0.25, -0.2) is 0 Å². The zero-order valence-electron chi connectivity index (χ0n) is 11.0. The highest BCUT2D eigenvalue weighted by molar-refractivity contribution is 6.02. The van der Waals surface area contributed by atoms with Crippen molar-refractivity contribution in [1.29, 1.82) is 0 Å². The van der Waals surface area contributed by atoms with E-state index in [1.807, 2.05) is 0 Å². The summed E-state index contributed by atoms with van der Waals surface area (Å²) < 4.78 is 5.94. The quantitative estimate of drug-likeness (QED) is 0.329. The number of hydrogen-bond donors (Lipinski definition) is 0. The molecule has 0 saturated heterocycles. The van der Waals surface area contributed by atoms with E-state index in [-0.39, 0.29) is 19.0 Å². The molecular formula is C11H15N3O5. The maximum Gasteiger partial charge on any atom is 0.389 e. The number of ketones is 1. The molecule has 0 saturated carbocycles. The largest absolute Gasteiger partial charge is 0.465 e. The molecule has 8 nitrogen and oxygen atoms in total. The topological polar surface area (TPSA) is 104 Å². The van der Waals surface area contributed by atoms with Gasteiger partial charge in [0.2, 0.25) is 0 Å². The molecule has 0 unspecified atom stereocenters. The molecule has 0 N–H and O–H groups in total. The Morgan fingerprint density at radius 1 is 1.53 bits per heavy atom. The van der Waals surface area contributed by atoms with Gasteiger partial charge in [0.25, 0.3) is 0 Å². The van der Waals surface area contributed by atoms with E-state index in [1.54, 1.807) is 6.92 Å². The zero-order valence-corrected chi connectivity index (χ0v) is 11.0. The molecule has 1 aromatic rings. The summed E-state index contributed by atoms with van der Waals surface area (Å²) in [7, 11) is 0. The van der Waals surface area contributed by atoms with Crippen LogP contribution in [-0.2, 0) is 20.9 Å². The zero-order chi connectivity index (χ0) is 14.6. The van der Waals surface area contributed by atoms with E-state index in [1.165, 1.54) is 26.1 Å². The second kappa shape index (κ2) is 5.59. The Bertz CT molecular complexity index is 506. The van der Waals surface area contributed by atoms with Gasteiger partial charge in [0, 0.05) is 0 Å². The third-order valence-electron chi connectivity index (χ3n) is 2.60. The SMILES string of the molecule is CCOC(=O)C(C)(C)C(=O)Cn1ccc([N+](=O)[O-])n1. The minimum atomic E-state index is -1.31. The second-order valence-electron chi connectivity index (χ2n) is 4.40. The van der Waals surface area contributed by atoms with E-state index in [0.717, 1.165) is 4.68 Å². The molecule has 0 aromatic carbocycles. The molecule has 0 spiro atoms. The van der Waals surface area contributed by atoms with Crippen molar-refractivity contribution in [3.8, 4) is 0 Å². The van der Waals surface area contributed by atoms with Crippen LogP contribution in [0.1, 0.15) is 20.8 Å². The van der Waals surface area contributed by atoms with E-state index < -0.39 is 22.1 Å². The number of nitro groups is 1. The van der Waals surface area contributed by atoms with Crippen molar-refractivity contribution in [3.05, 3.63) is 22.4 Å². The number of rotatable bonds is 6. The Balaban J connectivity index is 2.78. The first-order valence-corrected chi connectivity index (χ1v) is 5.67. The fraction of sp³-hybridized carbons (Fsp3) is 0.545. The molecule has 0 aliphatic rings. The van der Waals surface area contributed by atoms with Crippen LogP contribution in [0.25, 0.3) is 0 Å². The monoisotopic (exact) mass is 269 g/mol. The minimum absolute atomic E-state index is 0.183. The number of esters is 1. The molecule has 0 aliphatic carbocycles. The van der Waals surface area contributed by atoms with Gasteiger partial charge >= 0.3 is 11.8 Å². The summed E-state index contributed by atoms with van der Waals surface area (Å²) >= 11 is 0. The second-order valence-corrected chi connectivity index (χ2v) is 4.40. The van der Waals surface area contributed by atoms with Gasteiger partial charge in [-0.2, -0.15) is 4.68 Å². The van der Waals surface area contributed by atoms with E-state index >= 15 is 0 Å².